The maximum Gasteiger partial charge on any atom is 0.150 e. The normalized spacial score (nSPS) is 30.8. The van der Waals surface area contributed by atoms with Crippen LogP contribution >= 0.6 is 0 Å². The standard InChI is InChI=1S/C8H13NO2/c1-10-8-7-11-6-4-2-3-5-9-8/h2-5,8-9H,6-7H2,1H3/b4-2-,5-3-. The van der Waals surface area contributed by atoms with Crippen LogP contribution in [-0.2, 0) is 9.47 Å². The number of rotatable bonds is 1. The first kappa shape index (κ1) is 8.30. The molecule has 62 valence electrons. The second kappa shape index (κ2) is 4.93. The van der Waals surface area contributed by atoms with Crippen LogP contribution in [0, 0.1) is 0 Å². The molecule has 1 atom stereocenters. The van der Waals surface area contributed by atoms with Crippen molar-refractivity contribution < 1.29 is 9.47 Å². The van der Waals surface area contributed by atoms with Crippen LogP contribution in [0.3, 0.4) is 0 Å². The first-order valence-corrected chi connectivity index (χ1v) is 3.62. The van der Waals surface area contributed by atoms with E-state index in [1.807, 2.05) is 24.4 Å². The summed E-state index contributed by atoms with van der Waals surface area (Å²) < 4.78 is 10.3. The van der Waals surface area contributed by atoms with Gasteiger partial charge in [-0.25, -0.2) is 0 Å². The summed E-state index contributed by atoms with van der Waals surface area (Å²) in [6.45, 7) is 1.22. The molecule has 1 aliphatic heterocycles. The van der Waals surface area contributed by atoms with E-state index in [0.29, 0.717) is 13.2 Å². The third-order valence-electron chi connectivity index (χ3n) is 1.39. The van der Waals surface area contributed by atoms with E-state index in [0.717, 1.165) is 0 Å². The SMILES string of the molecule is COC1COC/C=C\C=C/N1. The fraction of sp³-hybridized carbons (Fsp3) is 0.500. The second-order valence-corrected chi connectivity index (χ2v) is 2.22. The molecule has 1 heterocycles. The van der Waals surface area contributed by atoms with E-state index in [-0.39, 0.29) is 6.23 Å². The molecule has 0 aromatic heterocycles. The largest absolute Gasteiger partial charge is 0.373 e. The number of allylic oxidation sites excluding steroid dienone is 2. The lowest BCUT2D eigenvalue weighted by molar-refractivity contribution is 0.00624. The fourth-order valence-electron chi connectivity index (χ4n) is 0.780. The predicted octanol–water partition coefficient (Wildman–Crippen LogP) is 0.649. The molecular weight excluding hydrogens is 142 g/mol. The Morgan fingerprint density at radius 1 is 1.55 bits per heavy atom. The number of methoxy groups -OCH3 is 1. The van der Waals surface area contributed by atoms with Crippen LogP contribution in [-0.4, -0.2) is 26.6 Å². The summed E-state index contributed by atoms with van der Waals surface area (Å²) in [6.07, 6.45) is 7.62. The quantitative estimate of drug-likeness (QED) is 0.603. The van der Waals surface area contributed by atoms with E-state index in [1.165, 1.54) is 0 Å². The lowest BCUT2D eigenvalue weighted by Crippen LogP contribution is -2.31. The highest BCUT2D eigenvalue weighted by molar-refractivity contribution is 5.02. The monoisotopic (exact) mass is 155 g/mol. The zero-order chi connectivity index (χ0) is 7.94. The molecule has 3 heteroatoms. The van der Waals surface area contributed by atoms with Gasteiger partial charge in [-0.3, -0.25) is 0 Å². The number of ether oxygens (including phenoxy) is 2. The van der Waals surface area contributed by atoms with Crippen LogP contribution in [0.2, 0.25) is 0 Å². The van der Waals surface area contributed by atoms with Gasteiger partial charge in [0.25, 0.3) is 0 Å². The fourth-order valence-corrected chi connectivity index (χ4v) is 0.780. The third-order valence-corrected chi connectivity index (χ3v) is 1.39. The van der Waals surface area contributed by atoms with Crippen LogP contribution in [0.5, 0.6) is 0 Å². The highest BCUT2D eigenvalue weighted by atomic mass is 16.5. The van der Waals surface area contributed by atoms with Gasteiger partial charge in [-0.2, -0.15) is 0 Å². The van der Waals surface area contributed by atoms with Gasteiger partial charge >= 0.3 is 0 Å². The minimum absolute atomic E-state index is 0.0360. The molecule has 1 unspecified atom stereocenters. The first-order valence-electron chi connectivity index (χ1n) is 3.62. The van der Waals surface area contributed by atoms with Crippen LogP contribution in [0.4, 0.5) is 0 Å². The molecule has 0 fully saturated rings. The van der Waals surface area contributed by atoms with Crippen molar-refractivity contribution in [3.8, 4) is 0 Å². The molecule has 0 aromatic rings. The average Bonchev–Trinajstić information content (AvgIpc) is 2.16. The van der Waals surface area contributed by atoms with E-state index < -0.39 is 0 Å². The molecule has 0 aliphatic carbocycles. The highest BCUT2D eigenvalue weighted by Gasteiger charge is 2.02. The van der Waals surface area contributed by atoms with Crippen molar-refractivity contribution in [3.05, 3.63) is 24.4 Å². The Hall–Kier alpha value is -0.800. The lowest BCUT2D eigenvalue weighted by atomic mass is 10.5. The summed E-state index contributed by atoms with van der Waals surface area (Å²) in [4.78, 5) is 0. The molecule has 1 rings (SSSR count). The minimum Gasteiger partial charge on any atom is -0.373 e. The van der Waals surface area contributed by atoms with Crippen molar-refractivity contribution in [1.82, 2.24) is 5.32 Å². The van der Waals surface area contributed by atoms with Crippen molar-refractivity contribution in [1.29, 1.82) is 0 Å². The average molecular weight is 155 g/mol. The zero-order valence-corrected chi connectivity index (χ0v) is 6.62. The number of hydrogen-bond acceptors (Lipinski definition) is 3. The van der Waals surface area contributed by atoms with E-state index in [2.05, 4.69) is 5.32 Å². The molecule has 0 saturated heterocycles. The number of hydrogen-bond donors (Lipinski definition) is 1. The molecule has 0 aromatic carbocycles. The van der Waals surface area contributed by atoms with Crippen LogP contribution in [0.1, 0.15) is 0 Å². The molecule has 1 N–H and O–H groups in total. The highest BCUT2D eigenvalue weighted by Crippen LogP contribution is 1.90. The van der Waals surface area contributed by atoms with Crippen molar-refractivity contribution in [2.75, 3.05) is 20.3 Å². The van der Waals surface area contributed by atoms with E-state index in [4.69, 9.17) is 9.47 Å². The predicted molar refractivity (Wildman–Crippen MR) is 43.0 cm³/mol. The Morgan fingerprint density at radius 2 is 2.45 bits per heavy atom. The van der Waals surface area contributed by atoms with Gasteiger partial charge in [0, 0.05) is 7.11 Å². The van der Waals surface area contributed by atoms with E-state index in [1.54, 1.807) is 7.11 Å². The van der Waals surface area contributed by atoms with Gasteiger partial charge in [-0.15, -0.1) is 0 Å². The zero-order valence-electron chi connectivity index (χ0n) is 6.62. The third kappa shape index (κ3) is 3.20. The van der Waals surface area contributed by atoms with Gasteiger partial charge in [0.15, 0.2) is 6.23 Å². The Kier molecular flexibility index (Phi) is 3.72. The molecule has 0 bridgehead atoms. The minimum atomic E-state index is -0.0360. The van der Waals surface area contributed by atoms with Crippen LogP contribution in [0.15, 0.2) is 24.4 Å². The Labute approximate surface area is 66.7 Å². The van der Waals surface area contributed by atoms with Gasteiger partial charge in [0.2, 0.25) is 0 Å². The van der Waals surface area contributed by atoms with Gasteiger partial charge in [-0.1, -0.05) is 12.2 Å². The van der Waals surface area contributed by atoms with Gasteiger partial charge in [0.05, 0.1) is 13.2 Å². The Bertz CT molecular complexity index is 154. The van der Waals surface area contributed by atoms with E-state index in [9.17, 15) is 0 Å². The summed E-state index contributed by atoms with van der Waals surface area (Å²) >= 11 is 0. The van der Waals surface area contributed by atoms with E-state index >= 15 is 0 Å². The topological polar surface area (TPSA) is 30.5 Å². The molecule has 3 nitrogen and oxygen atoms in total. The number of nitrogens with one attached hydrogen (secondary N) is 1. The Morgan fingerprint density at radius 3 is 3.27 bits per heavy atom. The van der Waals surface area contributed by atoms with Gasteiger partial charge < -0.3 is 14.8 Å². The molecule has 0 spiro atoms. The lowest BCUT2D eigenvalue weighted by Gasteiger charge is -2.14. The summed E-state index contributed by atoms with van der Waals surface area (Å²) in [5, 5.41) is 3.03. The summed E-state index contributed by atoms with van der Waals surface area (Å²) in [5.41, 5.74) is 0. The van der Waals surface area contributed by atoms with Crippen molar-refractivity contribution >= 4 is 0 Å². The molecule has 0 amide bonds. The van der Waals surface area contributed by atoms with Gasteiger partial charge in [0.1, 0.15) is 0 Å². The van der Waals surface area contributed by atoms with Crippen molar-refractivity contribution in [2.24, 2.45) is 0 Å². The Balaban J connectivity index is 2.37. The molecule has 11 heavy (non-hydrogen) atoms. The molecule has 1 aliphatic rings. The summed E-state index contributed by atoms with van der Waals surface area (Å²) in [5.74, 6) is 0. The molecule has 0 saturated carbocycles. The van der Waals surface area contributed by atoms with Crippen molar-refractivity contribution in [2.45, 2.75) is 6.23 Å². The maximum atomic E-state index is 5.24. The first-order chi connectivity index (χ1) is 5.43. The van der Waals surface area contributed by atoms with Crippen LogP contribution < -0.4 is 5.32 Å². The van der Waals surface area contributed by atoms with Crippen LogP contribution in [0.25, 0.3) is 0 Å². The molecular formula is C8H13NO2. The summed E-state index contributed by atoms with van der Waals surface area (Å²) in [6, 6.07) is 0. The second-order valence-electron chi connectivity index (χ2n) is 2.22. The maximum absolute atomic E-state index is 5.24. The summed E-state index contributed by atoms with van der Waals surface area (Å²) in [7, 11) is 1.65. The molecule has 0 radical (unpaired) electrons. The van der Waals surface area contributed by atoms with Gasteiger partial charge in [-0.05, 0) is 12.3 Å². The smallest absolute Gasteiger partial charge is 0.150 e. The van der Waals surface area contributed by atoms with Crippen molar-refractivity contribution in [3.63, 3.8) is 0 Å².